The van der Waals surface area contributed by atoms with Gasteiger partial charge in [0.2, 0.25) is 5.89 Å². The van der Waals surface area contributed by atoms with Gasteiger partial charge in [-0.2, -0.15) is 0 Å². The molecule has 0 aliphatic rings. The molecule has 0 bridgehead atoms. The Bertz CT molecular complexity index is 1320. The van der Waals surface area contributed by atoms with E-state index in [-0.39, 0.29) is 11.0 Å². The van der Waals surface area contributed by atoms with Gasteiger partial charge in [0.05, 0.1) is 21.3 Å². The number of carbonyl (C=O) groups is 1. The number of hydrogen-bond acceptors (Lipinski definition) is 7. The fourth-order valence-corrected chi connectivity index (χ4v) is 3.39. The van der Waals surface area contributed by atoms with Gasteiger partial charge in [-0.15, -0.1) is 0 Å². The summed E-state index contributed by atoms with van der Waals surface area (Å²) < 4.78 is 21.6. The molecule has 0 unspecified atom stereocenters. The Hall–Kier alpha value is -4.11. The van der Waals surface area contributed by atoms with Crippen LogP contribution < -0.4 is 24.8 Å². The fourth-order valence-electron chi connectivity index (χ4n) is 3.18. The third-order valence-electron chi connectivity index (χ3n) is 4.86. The SMILES string of the molecule is COc1ccc(C(=O)NC(=S)Nc2ccc3oc(-c4ccc(OC)c(OC)c4)nc3c2)cc1. The van der Waals surface area contributed by atoms with Crippen molar-refractivity contribution in [2.45, 2.75) is 0 Å². The summed E-state index contributed by atoms with van der Waals surface area (Å²) in [5, 5.41) is 5.82. The molecule has 2 N–H and O–H groups in total. The Morgan fingerprint density at radius 2 is 1.67 bits per heavy atom. The number of nitrogens with zero attached hydrogens (tertiary/aromatic N) is 1. The van der Waals surface area contributed by atoms with Crippen molar-refractivity contribution in [3.63, 3.8) is 0 Å². The first-order valence-corrected chi connectivity index (χ1v) is 10.3. The highest BCUT2D eigenvalue weighted by Gasteiger charge is 2.13. The molecule has 4 rings (SSSR count). The number of thiocarbonyl (C=S) groups is 1. The van der Waals surface area contributed by atoms with Crippen LogP contribution in [0.2, 0.25) is 0 Å². The first kappa shape index (κ1) is 22.1. The Morgan fingerprint density at radius 1 is 0.909 bits per heavy atom. The maximum Gasteiger partial charge on any atom is 0.257 e. The van der Waals surface area contributed by atoms with Crippen molar-refractivity contribution in [1.82, 2.24) is 10.3 Å². The lowest BCUT2D eigenvalue weighted by Crippen LogP contribution is -2.34. The standard InChI is InChI=1S/C24H21N3O5S/c1-29-17-8-4-14(5-9-17)22(28)27-24(33)25-16-7-11-19-18(13-16)26-23(32-19)15-6-10-20(30-2)21(12-15)31-3/h4-13H,1-3H3,(H2,25,27,28,33). The summed E-state index contributed by atoms with van der Waals surface area (Å²) in [6.45, 7) is 0. The van der Waals surface area contributed by atoms with Crippen LogP contribution >= 0.6 is 12.2 Å². The van der Waals surface area contributed by atoms with E-state index in [1.807, 2.05) is 6.07 Å². The molecule has 0 fully saturated rings. The molecule has 0 saturated carbocycles. The molecule has 8 nitrogen and oxygen atoms in total. The van der Waals surface area contributed by atoms with Gasteiger partial charge in [-0.1, -0.05) is 0 Å². The van der Waals surface area contributed by atoms with Crippen LogP contribution in [0.5, 0.6) is 17.2 Å². The van der Waals surface area contributed by atoms with Crippen molar-refractivity contribution in [2.24, 2.45) is 0 Å². The Balaban J connectivity index is 1.48. The number of rotatable bonds is 6. The first-order chi connectivity index (χ1) is 16.0. The van der Waals surface area contributed by atoms with Gasteiger partial charge >= 0.3 is 0 Å². The van der Waals surface area contributed by atoms with Crippen molar-refractivity contribution in [3.8, 4) is 28.7 Å². The van der Waals surface area contributed by atoms with Crippen molar-refractivity contribution < 1.29 is 23.4 Å². The van der Waals surface area contributed by atoms with Crippen LogP contribution in [0.25, 0.3) is 22.6 Å². The summed E-state index contributed by atoms with van der Waals surface area (Å²) >= 11 is 5.28. The second-order valence-corrected chi connectivity index (χ2v) is 7.32. The zero-order chi connectivity index (χ0) is 23.4. The number of carbonyl (C=O) groups excluding carboxylic acids is 1. The van der Waals surface area contributed by atoms with Crippen molar-refractivity contribution in [2.75, 3.05) is 26.6 Å². The highest BCUT2D eigenvalue weighted by atomic mass is 32.1. The number of aromatic nitrogens is 1. The van der Waals surface area contributed by atoms with Gasteiger partial charge in [0.15, 0.2) is 22.2 Å². The number of ether oxygens (including phenoxy) is 3. The van der Waals surface area contributed by atoms with Crippen LogP contribution in [0.1, 0.15) is 10.4 Å². The van der Waals surface area contributed by atoms with E-state index in [2.05, 4.69) is 15.6 Å². The number of hydrogen-bond donors (Lipinski definition) is 2. The zero-order valence-corrected chi connectivity index (χ0v) is 19.0. The van der Waals surface area contributed by atoms with Crippen LogP contribution in [0, 0.1) is 0 Å². The first-order valence-electron chi connectivity index (χ1n) is 9.90. The van der Waals surface area contributed by atoms with E-state index < -0.39 is 0 Å². The van der Waals surface area contributed by atoms with E-state index >= 15 is 0 Å². The largest absolute Gasteiger partial charge is 0.497 e. The Kier molecular flexibility index (Phi) is 6.41. The van der Waals surface area contributed by atoms with Gasteiger partial charge in [-0.3, -0.25) is 10.1 Å². The molecule has 0 radical (unpaired) electrons. The monoisotopic (exact) mass is 463 g/mol. The number of methoxy groups -OCH3 is 3. The summed E-state index contributed by atoms with van der Waals surface area (Å²) in [6.07, 6.45) is 0. The average Bonchev–Trinajstić information content (AvgIpc) is 3.27. The van der Waals surface area contributed by atoms with E-state index in [9.17, 15) is 4.79 Å². The molecule has 4 aromatic rings. The highest BCUT2D eigenvalue weighted by Crippen LogP contribution is 2.33. The van der Waals surface area contributed by atoms with Crippen LogP contribution in [0.15, 0.2) is 65.1 Å². The van der Waals surface area contributed by atoms with Gasteiger partial charge in [-0.25, -0.2) is 4.98 Å². The molecule has 9 heteroatoms. The van der Waals surface area contributed by atoms with E-state index in [0.29, 0.717) is 45.5 Å². The van der Waals surface area contributed by atoms with Crippen molar-refractivity contribution in [3.05, 3.63) is 66.2 Å². The minimum Gasteiger partial charge on any atom is -0.497 e. The number of benzene rings is 3. The highest BCUT2D eigenvalue weighted by molar-refractivity contribution is 7.80. The summed E-state index contributed by atoms with van der Waals surface area (Å²) in [5.41, 5.74) is 3.12. The smallest absolute Gasteiger partial charge is 0.257 e. The Morgan fingerprint density at radius 3 is 2.36 bits per heavy atom. The lowest BCUT2D eigenvalue weighted by Gasteiger charge is -2.09. The molecule has 0 aliphatic heterocycles. The quantitative estimate of drug-likeness (QED) is 0.399. The third-order valence-corrected chi connectivity index (χ3v) is 5.06. The van der Waals surface area contributed by atoms with Crippen LogP contribution in [-0.2, 0) is 0 Å². The maximum atomic E-state index is 12.4. The van der Waals surface area contributed by atoms with Crippen LogP contribution in [-0.4, -0.2) is 37.3 Å². The molecule has 3 aromatic carbocycles. The number of fused-ring (bicyclic) bond motifs is 1. The van der Waals surface area contributed by atoms with E-state index in [0.717, 1.165) is 5.56 Å². The van der Waals surface area contributed by atoms with Crippen molar-refractivity contribution in [1.29, 1.82) is 0 Å². The summed E-state index contributed by atoms with van der Waals surface area (Å²) in [6, 6.07) is 17.5. The lowest BCUT2D eigenvalue weighted by molar-refractivity contribution is 0.0977. The molecular weight excluding hydrogens is 442 g/mol. The number of nitrogens with one attached hydrogen (secondary N) is 2. The van der Waals surface area contributed by atoms with E-state index in [4.69, 9.17) is 30.8 Å². The van der Waals surface area contributed by atoms with Crippen LogP contribution in [0.4, 0.5) is 5.69 Å². The molecular formula is C24H21N3O5S. The van der Waals surface area contributed by atoms with Gasteiger partial charge in [0, 0.05) is 16.8 Å². The molecule has 0 aliphatic carbocycles. The van der Waals surface area contributed by atoms with Gasteiger partial charge in [0.1, 0.15) is 11.3 Å². The fraction of sp³-hybridized carbons (Fsp3) is 0.125. The maximum absolute atomic E-state index is 12.4. The summed E-state index contributed by atoms with van der Waals surface area (Å²) in [5.74, 6) is 1.99. The van der Waals surface area contributed by atoms with Crippen molar-refractivity contribution >= 4 is 40.0 Å². The second kappa shape index (κ2) is 9.58. The number of oxazole rings is 1. The second-order valence-electron chi connectivity index (χ2n) is 6.91. The minimum absolute atomic E-state index is 0.166. The number of anilines is 1. The number of amides is 1. The molecule has 1 heterocycles. The third kappa shape index (κ3) is 4.88. The predicted octanol–water partition coefficient (Wildman–Crippen LogP) is 4.65. The minimum atomic E-state index is -0.326. The predicted molar refractivity (Wildman–Crippen MR) is 129 cm³/mol. The van der Waals surface area contributed by atoms with Crippen LogP contribution in [0.3, 0.4) is 0 Å². The molecule has 168 valence electrons. The molecule has 0 saturated heterocycles. The average molecular weight is 464 g/mol. The van der Waals surface area contributed by atoms with E-state index in [1.54, 1.807) is 75.9 Å². The van der Waals surface area contributed by atoms with Gasteiger partial charge in [0.25, 0.3) is 5.91 Å². The molecule has 33 heavy (non-hydrogen) atoms. The molecule has 1 amide bonds. The molecule has 0 atom stereocenters. The normalized spacial score (nSPS) is 10.5. The lowest BCUT2D eigenvalue weighted by atomic mass is 10.2. The van der Waals surface area contributed by atoms with E-state index in [1.165, 1.54) is 0 Å². The van der Waals surface area contributed by atoms with Gasteiger partial charge < -0.3 is 23.9 Å². The summed E-state index contributed by atoms with van der Waals surface area (Å²) in [4.78, 5) is 17.0. The Labute approximate surface area is 195 Å². The van der Waals surface area contributed by atoms with Gasteiger partial charge in [-0.05, 0) is 72.9 Å². The molecule has 1 aromatic heterocycles. The summed E-state index contributed by atoms with van der Waals surface area (Å²) in [7, 11) is 4.72. The molecule has 0 spiro atoms. The topological polar surface area (TPSA) is 94.9 Å². The zero-order valence-electron chi connectivity index (χ0n) is 18.2.